The lowest BCUT2D eigenvalue weighted by Crippen LogP contribution is -2.43. The van der Waals surface area contributed by atoms with Crippen LogP contribution in [0.2, 0.25) is 0 Å². The topological polar surface area (TPSA) is 78.7 Å². The molecule has 0 radical (unpaired) electrons. The molecule has 3 N–H and O–H groups in total. The first-order valence-electron chi connectivity index (χ1n) is 8.91. The van der Waals surface area contributed by atoms with Crippen molar-refractivity contribution in [1.82, 2.24) is 16.0 Å². The second-order valence-corrected chi connectivity index (χ2v) is 6.64. The molecular weight excluding hydrogens is 304 g/mol. The van der Waals surface area contributed by atoms with Crippen LogP contribution in [0.5, 0.6) is 0 Å². The molecule has 1 aliphatic carbocycles. The van der Waals surface area contributed by atoms with E-state index in [0.717, 1.165) is 30.6 Å². The van der Waals surface area contributed by atoms with Gasteiger partial charge >= 0.3 is 0 Å². The van der Waals surface area contributed by atoms with E-state index in [1.54, 1.807) is 19.4 Å². The van der Waals surface area contributed by atoms with Gasteiger partial charge in [-0.05, 0) is 36.8 Å². The molecule has 6 heteroatoms. The van der Waals surface area contributed by atoms with Crippen LogP contribution < -0.4 is 16.0 Å². The van der Waals surface area contributed by atoms with Gasteiger partial charge in [0.25, 0.3) is 0 Å². The molecule has 1 heterocycles. The maximum atomic E-state index is 11.8. The maximum Gasteiger partial charge on any atom is 0.239 e. The quantitative estimate of drug-likeness (QED) is 0.528. The van der Waals surface area contributed by atoms with Gasteiger partial charge in [-0.1, -0.05) is 26.2 Å². The third-order valence-electron chi connectivity index (χ3n) is 4.57. The van der Waals surface area contributed by atoms with E-state index in [0.29, 0.717) is 12.5 Å². The Balaban J connectivity index is 1.58. The van der Waals surface area contributed by atoms with Gasteiger partial charge < -0.3 is 20.4 Å². The Morgan fingerprint density at radius 2 is 2.21 bits per heavy atom. The van der Waals surface area contributed by atoms with Gasteiger partial charge in [-0.3, -0.25) is 9.79 Å². The average molecular weight is 334 g/mol. The molecule has 0 spiro atoms. The average Bonchev–Trinajstić information content (AvgIpc) is 3.09. The molecule has 2 rings (SSSR count). The highest BCUT2D eigenvalue weighted by molar-refractivity contribution is 5.86. The zero-order valence-electron chi connectivity index (χ0n) is 14.8. The van der Waals surface area contributed by atoms with Gasteiger partial charge in [-0.2, -0.15) is 0 Å². The van der Waals surface area contributed by atoms with Gasteiger partial charge in [0.1, 0.15) is 5.76 Å². The molecule has 1 saturated carbocycles. The minimum Gasteiger partial charge on any atom is -0.467 e. The molecule has 1 aromatic heterocycles. The molecule has 0 saturated heterocycles. The van der Waals surface area contributed by atoms with E-state index >= 15 is 0 Å². The minimum absolute atomic E-state index is 0.0875. The molecule has 0 bridgehead atoms. The van der Waals surface area contributed by atoms with Crippen molar-refractivity contribution < 1.29 is 9.21 Å². The summed E-state index contributed by atoms with van der Waals surface area (Å²) >= 11 is 0. The highest BCUT2D eigenvalue weighted by Gasteiger charge is 2.18. The van der Waals surface area contributed by atoms with E-state index in [9.17, 15) is 4.79 Å². The highest BCUT2D eigenvalue weighted by Crippen LogP contribution is 2.30. The first-order chi connectivity index (χ1) is 11.7. The zero-order valence-corrected chi connectivity index (χ0v) is 14.8. The number of carbonyl (C=O) groups is 1. The fraction of sp³-hybridized carbons (Fsp3) is 0.667. The van der Waals surface area contributed by atoms with E-state index in [1.807, 2.05) is 6.07 Å². The van der Waals surface area contributed by atoms with E-state index in [4.69, 9.17) is 4.42 Å². The van der Waals surface area contributed by atoms with Crippen LogP contribution in [-0.4, -0.2) is 32.0 Å². The van der Waals surface area contributed by atoms with Crippen LogP contribution in [0.15, 0.2) is 27.8 Å². The number of hydrogen-bond acceptors (Lipinski definition) is 3. The molecule has 2 atom stereocenters. The summed E-state index contributed by atoms with van der Waals surface area (Å²) in [5.41, 5.74) is 0. The summed E-state index contributed by atoms with van der Waals surface area (Å²) in [5.74, 6) is 3.00. The predicted molar refractivity (Wildman–Crippen MR) is 95.7 cm³/mol. The Kier molecular flexibility index (Phi) is 7.65. The third kappa shape index (κ3) is 6.64. The number of amides is 1. The Morgan fingerprint density at radius 3 is 2.92 bits per heavy atom. The lowest BCUT2D eigenvalue weighted by molar-refractivity contribution is -0.120. The lowest BCUT2D eigenvalue weighted by Gasteiger charge is -2.26. The van der Waals surface area contributed by atoms with Crippen LogP contribution in [0.1, 0.15) is 44.8 Å². The molecule has 1 aliphatic rings. The van der Waals surface area contributed by atoms with Crippen molar-refractivity contribution in [3.05, 3.63) is 24.2 Å². The summed E-state index contributed by atoms with van der Waals surface area (Å²) in [6.07, 6.45) is 8.17. The summed E-state index contributed by atoms with van der Waals surface area (Å²) in [4.78, 5) is 16.0. The summed E-state index contributed by atoms with van der Waals surface area (Å²) < 4.78 is 5.18. The van der Waals surface area contributed by atoms with Crippen LogP contribution >= 0.6 is 0 Å². The van der Waals surface area contributed by atoms with Gasteiger partial charge in [-0.15, -0.1) is 0 Å². The Hall–Kier alpha value is -1.98. The molecule has 24 heavy (non-hydrogen) atoms. The summed E-state index contributed by atoms with van der Waals surface area (Å²) in [5, 5.41) is 9.14. The molecule has 0 aromatic carbocycles. The van der Waals surface area contributed by atoms with Gasteiger partial charge in [0.15, 0.2) is 5.96 Å². The summed E-state index contributed by atoms with van der Waals surface area (Å²) in [7, 11) is 1.72. The molecule has 1 fully saturated rings. The number of aliphatic imine (C=N–C) groups is 1. The molecular formula is C18H30N4O2. The summed E-state index contributed by atoms with van der Waals surface area (Å²) in [6.45, 7) is 3.84. The van der Waals surface area contributed by atoms with Crippen molar-refractivity contribution >= 4 is 11.9 Å². The summed E-state index contributed by atoms with van der Waals surface area (Å²) in [6, 6.07) is 3.64. The lowest BCUT2D eigenvalue weighted by atomic mass is 9.81. The number of furan rings is 1. The molecule has 134 valence electrons. The van der Waals surface area contributed by atoms with Crippen molar-refractivity contribution in [2.45, 2.75) is 45.6 Å². The standard InChI is InChI=1S/C18H30N4O2/c1-14-5-3-6-15(11-14)8-9-20-18(19-2)22-13-17(23)21-12-16-7-4-10-24-16/h4,7,10,14-15H,3,5-6,8-9,11-13H2,1-2H3,(H,21,23)(H2,19,20,22). The van der Waals surface area contributed by atoms with Crippen molar-refractivity contribution in [3.8, 4) is 0 Å². The van der Waals surface area contributed by atoms with E-state index in [1.165, 1.54) is 25.7 Å². The van der Waals surface area contributed by atoms with E-state index in [-0.39, 0.29) is 12.5 Å². The molecule has 6 nitrogen and oxygen atoms in total. The number of nitrogens with zero attached hydrogens (tertiary/aromatic N) is 1. The van der Waals surface area contributed by atoms with Crippen molar-refractivity contribution in [2.75, 3.05) is 20.1 Å². The van der Waals surface area contributed by atoms with Crippen LogP contribution in [-0.2, 0) is 11.3 Å². The highest BCUT2D eigenvalue weighted by atomic mass is 16.3. The Labute approximate surface area is 144 Å². The van der Waals surface area contributed by atoms with Crippen molar-refractivity contribution in [1.29, 1.82) is 0 Å². The number of nitrogens with one attached hydrogen (secondary N) is 3. The largest absolute Gasteiger partial charge is 0.467 e. The smallest absolute Gasteiger partial charge is 0.239 e. The van der Waals surface area contributed by atoms with Crippen molar-refractivity contribution in [2.24, 2.45) is 16.8 Å². The minimum atomic E-state index is -0.0875. The van der Waals surface area contributed by atoms with Gasteiger partial charge in [-0.25, -0.2) is 0 Å². The van der Waals surface area contributed by atoms with Crippen LogP contribution in [0.3, 0.4) is 0 Å². The Bertz CT molecular complexity index is 513. The van der Waals surface area contributed by atoms with Crippen molar-refractivity contribution in [3.63, 3.8) is 0 Å². The molecule has 1 aromatic rings. The number of hydrogen-bond donors (Lipinski definition) is 3. The first kappa shape index (κ1) is 18.4. The fourth-order valence-corrected chi connectivity index (χ4v) is 3.26. The van der Waals surface area contributed by atoms with Gasteiger partial charge in [0, 0.05) is 13.6 Å². The van der Waals surface area contributed by atoms with Crippen LogP contribution in [0.4, 0.5) is 0 Å². The first-order valence-corrected chi connectivity index (χ1v) is 8.91. The number of carbonyl (C=O) groups excluding carboxylic acids is 1. The monoisotopic (exact) mass is 334 g/mol. The molecule has 2 unspecified atom stereocenters. The van der Waals surface area contributed by atoms with E-state index in [2.05, 4.69) is 27.9 Å². The second-order valence-electron chi connectivity index (χ2n) is 6.64. The second kappa shape index (κ2) is 10.0. The van der Waals surface area contributed by atoms with Crippen LogP contribution in [0.25, 0.3) is 0 Å². The van der Waals surface area contributed by atoms with Gasteiger partial charge in [0.05, 0.1) is 19.4 Å². The Morgan fingerprint density at radius 1 is 1.33 bits per heavy atom. The number of guanidine groups is 1. The molecule has 0 aliphatic heterocycles. The fourth-order valence-electron chi connectivity index (χ4n) is 3.26. The molecule has 1 amide bonds. The maximum absolute atomic E-state index is 11.8. The van der Waals surface area contributed by atoms with Gasteiger partial charge in [0.2, 0.25) is 5.91 Å². The normalized spacial score (nSPS) is 21.3. The number of rotatable bonds is 7. The predicted octanol–water partition coefficient (Wildman–Crippen LogP) is 2.28. The third-order valence-corrected chi connectivity index (χ3v) is 4.57. The SMILES string of the molecule is CN=C(NCCC1CCCC(C)C1)NCC(=O)NCc1ccco1. The van der Waals surface area contributed by atoms with Crippen LogP contribution in [0, 0.1) is 11.8 Å². The zero-order chi connectivity index (χ0) is 17.2. The van der Waals surface area contributed by atoms with E-state index < -0.39 is 0 Å².